The lowest BCUT2D eigenvalue weighted by Gasteiger charge is -2.58. The highest BCUT2D eigenvalue weighted by molar-refractivity contribution is 5.43. The maximum Gasteiger partial charge on any atom is 0.0394 e. The van der Waals surface area contributed by atoms with Gasteiger partial charge in [0.1, 0.15) is 0 Å². The maximum atomic E-state index is 8.65. The number of nitrogens with zero attached hydrogens (tertiary/aromatic N) is 1. The summed E-state index contributed by atoms with van der Waals surface area (Å²) in [6.45, 7) is -8.59. The van der Waals surface area contributed by atoms with E-state index < -0.39 is 32.9 Å². The second-order valence-corrected chi connectivity index (χ2v) is 7.10. The summed E-state index contributed by atoms with van der Waals surface area (Å²) in [6, 6.07) is 4.51. The molecule has 1 saturated heterocycles. The molecule has 1 heteroatoms. The van der Waals surface area contributed by atoms with Gasteiger partial charge in [-0.05, 0) is 74.1 Å². The van der Waals surface area contributed by atoms with Crippen LogP contribution in [0, 0.1) is 11.8 Å². The van der Waals surface area contributed by atoms with E-state index >= 15 is 0 Å². The van der Waals surface area contributed by atoms with Crippen molar-refractivity contribution < 1.29 is 16.4 Å². The van der Waals surface area contributed by atoms with Crippen molar-refractivity contribution in [1.29, 1.82) is 0 Å². The van der Waals surface area contributed by atoms with E-state index in [0.29, 0.717) is 19.4 Å². The summed E-state index contributed by atoms with van der Waals surface area (Å²) >= 11 is 0. The molecular weight excluding hydrogens is 266 g/mol. The summed E-state index contributed by atoms with van der Waals surface area (Å²) in [5, 5.41) is 0. The third kappa shape index (κ3) is 2.16. The summed E-state index contributed by atoms with van der Waals surface area (Å²) in [6.07, 6.45) is 1.75. The molecular formula is C21H31N. The molecule has 0 spiro atoms. The van der Waals surface area contributed by atoms with Crippen LogP contribution in [0.1, 0.15) is 78.9 Å². The quantitative estimate of drug-likeness (QED) is 0.773. The molecule has 0 unspecified atom stereocenters. The molecule has 0 amide bonds. The lowest BCUT2D eigenvalue weighted by atomic mass is 9.52. The number of piperidine rings is 1. The Bertz CT molecular complexity index is 933. The number of benzene rings is 1. The zero-order chi connectivity index (χ0) is 25.5. The molecule has 3 atom stereocenters. The molecule has 1 aromatic rings. The van der Waals surface area contributed by atoms with Gasteiger partial charge in [0.25, 0.3) is 0 Å². The Morgan fingerprint density at radius 2 is 2.36 bits per heavy atom. The third-order valence-corrected chi connectivity index (χ3v) is 6.11. The molecule has 1 saturated carbocycles. The zero-order valence-corrected chi connectivity index (χ0v) is 12.8. The Kier molecular flexibility index (Phi) is 1.61. The van der Waals surface area contributed by atoms with E-state index in [1.54, 1.807) is 17.0 Å². The van der Waals surface area contributed by atoms with E-state index in [2.05, 4.69) is 0 Å². The van der Waals surface area contributed by atoms with Gasteiger partial charge in [-0.3, -0.25) is 0 Å². The van der Waals surface area contributed by atoms with Crippen LogP contribution < -0.4 is 0 Å². The molecule has 120 valence electrons. The van der Waals surface area contributed by atoms with Crippen molar-refractivity contribution in [2.24, 2.45) is 11.8 Å². The molecule has 1 aromatic carbocycles. The van der Waals surface area contributed by atoms with Crippen molar-refractivity contribution in [1.82, 2.24) is 4.90 Å². The maximum absolute atomic E-state index is 8.65. The van der Waals surface area contributed by atoms with E-state index in [0.717, 1.165) is 36.8 Å². The van der Waals surface area contributed by atoms with Gasteiger partial charge in [0, 0.05) is 27.9 Å². The van der Waals surface area contributed by atoms with Crippen molar-refractivity contribution in [3.63, 3.8) is 0 Å². The number of hydrogen-bond donors (Lipinski definition) is 0. The molecule has 0 N–H and O–H groups in total. The molecule has 2 aliphatic carbocycles. The topological polar surface area (TPSA) is 3.24 Å². The van der Waals surface area contributed by atoms with E-state index in [1.165, 1.54) is 6.07 Å². The van der Waals surface area contributed by atoms with Gasteiger partial charge in [0.2, 0.25) is 0 Å². The average Bonchev–Trinajstić information content (AvgIpc) is 2.70. The standard InChI is InChI=1S/C21H31N/c1-15(2)12-16-7-8-17-14-20-18-6-4-5-9-21(18,19(17)13-16)10-11-22(20)3/h7-8,13,15,18,20H,4-6,9-12,14H2,1-3H3/t18-,20+,21+/m1/s1/i1D3,2D3,3D3,12D2,15D. The first kappa shape index (κ1) is 6.59. The van der Waals surface area contributed by atoms with Crippen molar-refractivity contribution in [3.8, 4) is 0 Å². The predicted octanol–water partition coefficient (Wildman–Crippen LogP) is 4.57. The molecule has 4 rings (SSSR count). The van der Waals surface area contributed by atoms with E-state index in [-0.39, 0.29) is 22.9 Å². The number of likely N-dealkylation sites (N-methyl/N-ethyl adjacent to an activating group) is 1. The zero-order valence-electron chi connectivity index (χ0n) is 24.8. The monoisotopic (exact) mass is 309 g/mol. The Labute approximate surface area is 153 Å². The fraction of sp³-hybridized carbons (Fsp3) is 0.714. The van der Waals surface area contributed by atoms with Gasteiger partial charge in [-0.25, -0.2) is 0 Å². The van der Waals surface area contributed by atoms with Gasteiger partial charge < -0.3 is 4.90 Å². The van der Waals surface area contributed by atoms with Gasteiger partial charge in [-0.2, -0.15) is 0 Å². The number of rotatable bonds is 2. The van der Waals surface area contributed by atoms with Gasteiger partial charge in [-0.15, -0.1) is 0 Å². The fourth-order valence-electron chi connectivity index (χ4n) is 5.23. The summed E-state index contributed by atoms with van der Waals surface area (Å²) in [5.74, 6) is -3.28. The first-order valence-electron chi connectivity index (χ1n) is 14.3. The van der Waals surface area contributed by atoms with E-state index in [9.17, 15) is 0 Å². The molecule has 1 heterocycles. The molecule has 0 aromatic heterocycles. The third-order valence-electron chi connectivity index (χ3n) is 6.11. The van der Waals surface area contributed by atoms with Gasteiger partial charge >= 0.3 is 0 Å². The number of likely N-dealkylation sites (tertiary alicyclic amines) is 1. The average molecular weight is 310 g/mol. The second kappa shape index (κ2) is 5.37. The van der Waals surface area contributed by atoms with Crippen molar-refractivity contribution in [2.45, 2.75) is 70.1 Å². The summed E-state index contributed by atoms with van der Waals surface area (Å²) < 4.78 is 96.4. The van der Waals surface area contributed by atoms with Crippen LogP contribution >= 0.6 is 0 Å². The number of hydrogen-bond acceptors (Lipinski definition) is 1. The van der Waals surface area contributed by atoms with Crippen LogP contribution in [0.3, 0.4) is 0 Å². The van der Waals surface area contributed by atoms with Crippen LogP contribution in [0.15, 0.2) is 18.2 Å². The normalized spacial score (nSPS) is 45.3. The molecule has 0 radical (unpaired) electrons. The first-order valence-corrected chi connectivity index (χ1v) is 8.29. The van der Waals surface area contributed by atoms with E-state index in [4.69, 9.17) is 16.4 Å². The minimum Gasteiger partial charge on any atom is -0.303 e. The summed E-state index contributed by atoms with van der Waals surface area (Å²) in [5.41, 5.74) is 1.30. The van der Waals surface area contributed by atoms with E-state index in [1.807, 2.05) is 0 Å². The lowest BCUT2D eigenvalue weighted by molar-refractivity contribution is 0.00281. The Hall–Kier alpha value is -0.820. The van der Waals surface area contributed by atoms with Crippen molar-refractivity contribution in [2.75, 3.05) is 13.5 Å². The molecule has 1 nitrogen and oxygen atoms in total. The van der Waals surface area contributed by atoms with Crippen LogP contribution in [0.5, 0.6) is 0 Å². The Balaban J connectivity index is 1.86. The molecule has 3 aliphatic rings. The molecule has 22 heavy (non-hydrogen) atoms. The summed E-state index contributed by atoms with van der Waals surface area (Å²) in [4.78, 5) is 1.62. The minimum atomic E-state index is -3.39. The Morgan fingerprint density at radius 3 is 3.23 bits per heavy atom. The molecule has 2 bridgehead atoms. The predicted molar refractivity (Wildman–Crippen MR) is 93.4 cm³/mol. The van der Waals surface area contributed by atoms with Crippen LogP contribution in [0.2, 0.25) is 0 Å². The highest BCUT2D eigenvalue weighted by atomic mass is 15.1. The van der Waals surface area contributed by atoms with Crippen LogP contribution in [-0.2, 0) is 18.2 Å². The fourth-order valence-corrected chi connectivity index (χ4v) is 5.23. The molecule has 2 fully saturated rings. The SMILES string of the molecule is [2H]C([2H])([2H])N1CC[C@@]23CCCC[C@@H]2[C@@H]1Cc1ccc(C([2H])([2H])C([2H])(C([2H])([2H])[2H])C([2H])([2H])[2H])cc13. The summed E-state index contributed by atoms with van der Waals surface area (Å²) in [7, 11) is 0. The van der Waals surface area contributed by atoms with Gasteiger partial charge in [0.05, 0.1) is 0 Å². The van der Waals surface area contributed by atoms with Crippen LogP contribution in [0.4, 0.5) is 0 Å². The van der Waals surface area contributed by atoms with Crippen LogP contribution in [-0.4, -0.2) is 24.5 Å². The highest BCUT2D eigenvalue weighted by Gasteiger charge is 2.52. The highest BCUT2D eigenvalue weighted by Crippen LogP contribution is 2.55. The Morgan fingerprint density at radius 1 is 1.41 bits per heavy atom. The van der Waals surface area contributed by atoms with Gasteiger partial charge in [-0.1, -0.05) is 44.7 Å². The number of fused-ring (bicyclic) bond motifs is 1. The van der Waals surface area contributed by atoms with Crippen molar-refractivity contribution in [3.05, 3.63) is 34.9 Å². The lowest BCUT2D eigenvalue weighted by Crippen LogP contribution is -2.59. The second-order valence-electron chi connectivity index (χ2n) is 7.10. The first-order chi connectivity index (χ1) is 15.4. The largest absolute Gasteiger partial charge is 0.303 e. The molecule has 1 aliphatic heterocycles. The smallest absolute Gasteiger partial charge is 0.0394 e. The van der Waals surface area contributed by atoms with Gasteiger partial charge in [0.15, 0.2) is 0 Å². The van der Waals surface area contributed by atoms with Crippen molar-refractivity contribution >= 4 is 0 Å². The van der Waals surface area contributed by atoms with Crippen LogP contribution in [0.25, 0.3) is 0 Å². The minimum absolute atomic E-state index is 0.0787.